The van der Waals surface area contributed by atoms with Crippen molar-refractivity contribution in [1.29, 1.82) is 0 Å². The Hall–Kier alpha value is -1.58. The summed E-state index contributed by atoms with van der Waals surface area (Å²) in [6.45, 7) is 4.01. The van der Waals surface area contributed by atoms with E-state index >= 15 is 0 Å². The van der Waals surface area contributed by atoms with E-state index < -0.39 is 0 Å². The molecule has 1 rings (SSSR count). The summed E-state index contributed by atoms with van der Waals surface area (Å²) in [7, 11) is 0. The van der Waals surface area contributed by atoms with Crippen LogP contribution in [0.3, 0.4) is 0 Å². The number of carbonyl (C=O) groups excluding carboxylic acids is 1. The Morgan fingerprint density at radius 3 is 2.68 bits per heavy atom. The zero-order chi connectivity index (χ0) is 13.9. The monoisotopic (exact) mass is 264 g/mol. The van der Waals surface area contributed by atoms with Gasteiger partial charge in [0.05, 0.1) is 6.26 Å². The minimum absolute atomic E-state index is 0.0265. The van der Waals surface area contributed by atoms with Crippen molar-refractivity contribution >= 4 is 11.6 Å². The Kier molecular flexibility index (Phi) is 7.63. The van der Waals surface area contributed by atoms with Crippen LogP contribution in [0, 0.1) is 0 Å². The van der Waals surface area contributed by atoms with Gasteiger partial charge in [0.25, 0.3) is 0 Å². The SMILES string of the molecule is CCCCCCCCC(=O)N/N=C(/C)c1ccco1. The van der Waals surface area contributed by atoms with Gasteiger partial charge in [-0.1, -0.05) is 39.0 Å². The molecular formula is C15H24N2O2. The number of amides is 1. The molecule has 0 atom stereocenters. The van der Waals surface area contributed by atoms with Gasteiger partial charge in [-0.3, -0.25) is 4.79 Å². The van der Waals surface area contributed by atoms with Gasteiger partial charge in [-0.05, 0) is 25.5 Å². The maximum atomic E-state index is 11.6. The van der Waals surface area contributed by atoms with Gasteiger partial charge in [0.2, 0.25) is 5.91 Å². The summed E-state index contributed by atoms with van der Waals surface area (Å²) >= 11 is 0. The van der Waals surface area contributed by atoms with Crippen molar-refractivity contribution in [2.75, 3.05) is 0 Å². The fourth-order valence-corrected chi connectivity index (χ4v) is 1.81. The van der Waals surface area contributed by atoms with Crippen LogP contribution in [0.5, 0.6) is 0 Å². The second-order valence-corrected chi connectivity index (χ2v) is 4.73. The van der Waals surface area contributed by atoms with Crippen molar-refractivity contribution in [3.8, 4) is 0 Å². The number of nitrogens with one attached hydrogen (secondary N) is 1. The van der Waals surface area contributed by atoms with E-state index in [2.05, 4.69) is 17.5 Å². The highest BCUT2D eigenvalue weighted by Crippen LogP contribution is 2.07. The lowest BCUT2D eigenvalue weighted by Crippen LogP contribution is -2.18. The molecule has 0 saturated heterocycles. The number of rotatable bonds is 9. The lowest BCUT2D eigenvalue weighted by Gasteiger charge is -2.01. The van der Waals surface area contributed by atoms with Crippen LogP contribution < -0.4 is 5.43 Å². The fraction of sp³-hybridized carbons (Fsp3) is 0.600. The zero-order valence-corrected chi connectivity index (χ0v) is 11.9. The Labute approximate surface area is 115 Å². The maximum absolute atomic E-state index is 11.6. The van der Waals surface area contributed by atoms with Crippen LogP contribution in [0.25, 0.3) is 0 Å². The number of unbranched alkanes of at least 4 members (excludes halogenated alkanes) is 5. The molecule has 4 nitrogen and oxygen atoms in total. The summed E-state index contributed by atoms with van der Waals surface area (Å²) in [5.41, 5.74) is 3.24. The van der Waals surface area contributed by atoms with E-state index in [0.717, 1.165) is 12.8 Å². The second kappa shape index (κ2) is 9.36. The third-order valence-electron chi connectivity index (χ3n) is 2.98. The quantitative estimate of drug-likeness (QED) is 0.418. The first-order valence-electron chi connectivity index (χ1n) is 7.11. The molecule has 0 aromatic carbocycles. The van der Waals surface area contributed by atoms with Gasteiger partial charge in [0, 0.05) is 6.42 Å². The molecule has 0 bridgehead atoms. The first-order valence-corrected chi connectivity index (χ1v) is 7.11. The predicted octanol–water partition coefficient (Wildman–Crippen LogP) is 3.87. The van der Waals surface area contributed by atoms with E-state index in [9.17, 15) is 4.79 Å². The average Bonchev–Trinajstić information content (AvgIpc) is 2.94. The van der Waals surface area contributed by atoms with Crippen LogP contribution >= 0.6 is 0 Å². The van der Waals surface area contributed by atoms with E-state index in [1.54, 1.807) is 12.3 Å². The minimum Gasteiger partial charge on any atom is -0.463 e. The van der Waals surface area contributed by atoms with Gasteiger partial charge in [-0.2, -0.15) is 5.10 Å². The smallest absolute Gasteiger partial charge is 0.240 e. The third kappa shape index (κ3) is 6.79. The Balaban J connectivity index is 2.12. The molecule has 1 aromatic rings. The van der Waals surface area contributed by atoms with Crippen LogP contribution in [-0.4, -0.2) is 11.6 Å². The molecule has 19 heavy (non-hydrogen) atoms. The summed E-state index contributed by atoms with van der Waals surface area (Å²) < 4.78 is 5.18. The second-order valence-electron chi connectivity index (χ2n) is 4.73. The van der Waals surface area contributed by atoms with Crippen molar-refractivity contribution < 1.29 is 9.21 Å². The molecule has 0 fully saturated rings. The molecule has 0 aliphatic rings. The van der Waals surface area contributed by atoms with Crippen molar-refractivity contribution in [2.45, 2.75) is 58.8 Å². The standard InChI is InChI=1S/C15H24N2O2/c1-3-4-5-6-7-8-11-15(18)17-16-13(2)14-10-9-12-19-14/h9-10,12H,3-8,11H2,1-2H3,(H,17,18)/b16-13-. The highest BCUT2D eigenvalue weighted by atomic mass is 16.3. The first kappa shape index (κ1) is 15.5. The Morgan fingerprint density at radius 1 is 1.26 bits per heavy atom. The van der Waals surface area contributed by atoms with Crippen LogP contribution in [0.2, 0.25) is 0 Å². The van der Waals surface area contributed by atoms with Crippen LogP contribution in [0.1, 0.15) is 64.6 Å². The van der Waals surface area contributed by atoms with E-state index in [4.69, 9.17) is 4.42 Å². The van der Waals surface area contributed by atoms with Gasteiger partial charge >= 0.3 is 0 Å². The molecule has 0 aliphatic heterocycles. The highest BCUT2D eigenvalue weighted by Gasteiger charge is 2.02. The number of hydrogen-bond donors (Lipinski definition) is 1. The molecule has 0 unspecified atom stereocenters. The molecule has 1 N–H and O–H groups in total. The molecule has 1 aromatic heterocycles. The van der Waals surface area contributed by atoms with Crippen LogP contribution in [0.4, 0.5) is 0 Å². The summed E-state index contributed by atoms with van der Waals surface area (Å²) in [4.78, 5) is 11.6. The third-order valence-corrected chi connectivity index (χ3v) is 2.98. The van der Waals surface area contributed by atoms with Crippen molar-refractivity contribution in [3.05, 3.63) is 24.2 Å². The summed E-state index contributed by atoms with van der Waals surface area (Å²) in [6, 6.07) is 3.62. The molecule has 0 radical (unpaired) electrons. The summed E-state index contributed by atoms with van der Waals surface area (Å²) in [5.74, 6) is 0.654. The van der Waals surface area contributed by atoms with Crippen molar-refractivity contribution in [2.24, 2.45) is 5.10 Å². The van der Waals surface area contributed by atoms with E-state index in [1.165, 1.54) is 25.7 Å². The molecule has 1 heterocycles. The number of hydrazone groups is 1. The topological polar surface area (TPSA) is 54.6 Å². The number of furan rings is 1. The van der Waals surface area contributed by atoms with Crippen molar-refractivity contribution in [3.63, 3.8) is 0 Å². The van der Waals surface area contributed by atoms with Gasteiger partial charge < -0.3 is 4.42 Å². The summed E-state index contributed by atoms with van der Waals surface area (Å²) in [6.07, 6.45) is 9.22. The average molecular weight is 264 g/mol. The van der Waals surface area contributed by atoms with E-state index in [0.29, 0.717) is 17.9 Å². The van der Waals surface area contributed by atoms with Crippen LogP contribution in [-0.2, 0) is 4.79 Å². The molecule has 0 spiro atoms. The van der Waals surface area contributed by atoms with Crippen molar-refractivity contribution in [1.82, 2.24) is 5.43 Å². The zero-order valence-electron chi connectivity index (χ0n) is 11.9. The molecular weight excluding hydrogens is 240 g/mol. The van der Waals surface area contributed by atoms with Gasteiger partial charge in [0.1, 0.15) is 11.5 Å². The normalized spacial score (nSPS) is 11.6. The van der Waals surface area contributed by atoms with E-state index in [1.807, 2.05) is 13.0 Å². The maximum Gasteiger partial charge on any atom is 0.240 e. The number of hydrogen-bond acceptors (Lipinski definition) is 3. The van der Waals surface area contributed by atoms with Crippen LogP contribution in [0.15, 0.2) is 27.9 Å². The van der Waals surface area contributed by atoms with E-state index in [-0.39, 0.29) is 5.91 Å². The number of nitrogens with zero attached hydrogens (tertiary/aromatic N) is 1. The molecule has 106 valence electrons. The predicted molar refractivity (Wildman–Crippen MR) is 77.1 cm³/mol. The Morgan fingerprint density at radius 2 is 2.00 bits per heavy atom. The lowest BCUT2D eigenvalue weighted by molar-refractivity contribution is -0.121. The Bertz CT molecular complexity index is 383. The largest absolute Gasteiger partial charge is 0.463 e. The molecule has 1 amide bonds. The van der Waals surface area contributed by atoms with Gasteiger partial charge in [-0.15, -0.1) is 0 Å². The van der Waals surface area contributed by atoms with Gasteiger partial charge in [-0.25, -0.2) is 5.43 Å². The highest BCUT2D eigenvalue weighted by molar-refractivity contribution is 5.96. The lowest BCUT2D eigenvalue weighted by atomic mass is 10.1. The number of carbonyl (C=O) groups is 1. The molecule has 0 aliphatic carbocycles. The fourth-order valence-electron chi connectivity index (χ4n) is 1.81. The first-order chi connectivity index (χ1) is 9.24. The minimum atomic E-state index is -0.0265. The van der Waals surface area contributed by atoms with Gasteiger partial charge in [0.15, 0.2) is 0 Å². The molecule has 0 saturated carbocycles. The molecule has 4 heteroatoms. The summed E-state index contributed by atoms with van der Waals surface area (Å²) in [5, 5.41) is 4.02.